The highest BCUT2D eigenvalue weighted by atomic mass is 32.1. The molecule has 0 fully saturated rings. The summed E-state index contributed by atoms with van der Waals surface area (Å²) < 4.78 is 2.13. The van der Waals surface area contributed by atoms with E-state index in [9.17, 15) is 14.7 Å². The Kier molecular flexibility index (Phi) is 4.37. The number of anilines is 1. The molecule has 0 saturated carbocycles. The molecule has 1 aliphatic heterocycles. The molecular weight excluding hydrogens is 362 g/mol. The molecule has 136 valence electrons. The van der Waals surface area contributed by atoms with Crippen LogP contribution >= 0.6 is 11.3 Å². The van der Waals surface area contributed by atoms with Gasteiger partial charge in [0.2, 0.25) is 0 Å². The van der Waals surface area contributed by atoms with Crippen LogP contribution in [0, 0.1) is 0 Å². The zero-order valence-corrected chi connectivity index (χ0v) is 15.4. The van der Waals surface area contributed by atoms with E-state index in [-0.39, 0.29) is 17.1 Å². The molecule has 2 aromatic carbocycles. The van der Waals surface area contributed by atoms with Crippen LogP contribution in [0.2, 0.25) is 0 Å². The van der Waals surface area contributed by atoms with Crippen molar-refractivity contribution in [1.29, 1.82) is 0 Å². The summed E-state index contributed by atoms with van der Waals surface area (Å²) in [7, 11) is 0. The minimum Gasteiger partial charge on any atom is -0.507 e. The highest BCUT2D eigenvalue weighted by Gasteiger charge is 2.16. The largest absolute Gasteiger partial charge is 0.507 e. The van der Waals surface area contributed by atoms with E-state index >= 15 is 0 Å². The Morgan fingerprint density at radius 1 is 1.22 bits per heavy atom. The number of Topliss-reactive ketones (excluding diaryl/α,β-unsaturated/α-hetero) is 1. The number of phenols is 1. The summed E-state index contributed by atoms with van der Waals surface area (Å²) in [5.41, 5.74) is 1.93. The smallest absolute Gasteiger partial charge is 0.271 e. The maximum Gasteiger partial charge on any atom is 0.271 e. The Balaban J connectivity index is 1.72. The van der Waals surface area contributed by atoms with Crippen molar-refractivity contribution in [3.05, 3.63) is 79.3 Å². The van der Waals surface area contributed by atoms with Gasteiger partial charge in [-0.1, -0.05) is 41.7 Å². The Morgan fingerprint density at radius 2 is 2.04 bits per heavy atom. The first kappa shape index (κ1) is 17.2. The van der Waals surface area contributed by atoms with Crippen molar-refractivity contribution in [1.82, 2.24) is 4.57 Å². The minimum absolute atomic E-state index is 0.00116. The van der Waals surface area contributed by atoms with Crippen LogP contribution in [0.15, 0.2) is 58.3 Å². The molecule has 0 radical (unpaired) electrons. The van der Waals surface area contributed by atoms with E-state index < -0.39 is 0 Å². The highest BCUT2D eigenvalue weighted by Crippen LogP contribution is 2.18. The quantitative estimate of drug-likeness (QED) is 0.703. The van der Waals surface area contributed by atoms with E-state index in [2.05, 4.69) is 4.99 Å². The van der Waals surface area contributed by atoms with Crippen LogP contribution in [0.5, 0.6) is 5.75 Å². The van der Waals surface area contributed by atoms with Crippen LogP contribution in [-0.4, -0.2) is 22.1 Å². The van der Waals surface area contributed by atoms with Crippen molar-refractivity contribution >= 4 is 28.9 Å². The van der Waals surface area contributed by atoms with Gasteiger partial charge in [-0.15, -0.1) is 0 Å². The van der Waals surface area contributed by atoms with E-state index in [0.717, 1.165) is 5.69 Å². The summed E-state index contributed by atoms with van der Waals surface area (Å²) in [5, 5.41) is 9.93. The van der Waals surface area contributed by atoms with Gasteiger partial charge in [0.25, 0.3) is 5.56 Å². The molecular formula is C20H17N3O3S. The number of aromatic nitrogens is 1. The van der Waals surface area contributed by atoms with Gasteiger partial charge >= 0.3 is 0 Å². The van der Waals surface area contributed by atoms with Crippen molar-refractivity contribution in [3.8, 4) is 5.75 Å². The lowest BCUT2D eigenvalue weighted by Gasteiger charge is -2.25. The number of hydrogen-bond acceptors (Lipinski definition) is 6. The SMILES string of the molecule is CC(=O)c1cccc(N2CN=c3sc(=Cc4ccccc4O)c(=O)n3C2)c1. The van der Waals surface area contributed by atoms with Gasteiger partial charge in [-0.25, -0.2) is 4.99 Å². The monoisotopic (exact) mass is 379 g/mol. The minimum atomic E-state index is -0.144. The summed E-state index contributed by atoms with van der Waals surface area (Å²) in [5.74, 6) is 0.131. The fourth-order valence-corrected chi connectivity index (χ4v) is 3.90. The zero-order chi connectivity index (χ0) is 19.0. The van der Waals surface area contributed by atoms with Gasteiger partial charge in [-0.05, 0) is 31.2 Å². The van der Waals surface area contributed by atoms with E-state index in [1.807, 2.05) is 29.2 Å². The summed E-state index contributed by atoms with van der Waals surface area (Å²) in [4.78, 5) is 31.5. The maximum atomic E-state index is 12.8. The molecule has 0 atom stereocenters. The number of ketones is 1. The van der Waals surface area contributed by atoms with Crippen molar-refractivity contribution in [2.75, 3.05) is 11.6 Å². The lowest BCUT2D eigenvalue weighted by atomic mass is 10.1. The predicted octanol–water partition coefficient (Wildman–Crippen LogP) is 1.70. The molecule has 1 N–H and O–H groups in total. The zero-order valence-electron chi connectivity index (χ0n) is 14.6. The van der Waals surface area contributed by atoms with Gasteiger partial charge in [0.15, 0.2) is 10.6 Å². The normalized spacial score (nSPS) is 14.0. The van der Waals surface area contributed by atoms with Gasteiger partial charge < -0.3 is 10.0 Å². The predicted molar refractivity (Wildman–Crippen MR) is 105 cm³/mol. The van der Waals surface area contributed by atoms with Gasteiger partial charge in [0.1, 0.15) is 19.1 Å². The average molecular weight is 379 g/mol. The second-order valence-corrected chi connectivity index (χ2v) is 7.28. The first-order valence-corrected chi connectivity index (χ1v) is 9.24. The van der Waals surface area contributed by atoms with E-state index in [4.69, 9.17) is 0 Å². The van der Waals surface area contributed by atoms with E-state index in [1.54, 1.807) is 34.9 Å². The lowest BCUT2D eigenvalue weighted by molar-refractivity contribution is 0.101. The van der Waals surface area contributed by atoms with Crippen molar-refractivity contribution in [2.24, 2.45) is 4.99 Å². The number of carbonyl (C=O) groups excluding carboxylic acids is 1. The van der Waals surface area contributed by atoms with Gasteiger partial charge in [0, 0.05) is 16.8 Å². The molecule has 0 unspecified atom stereocenters. The molecule has 0 spiro atoms. The fourth-order valence-electron chi connectivity index (χ4n) is 2.95. The Labute approximate surface area is 159 Å². The Bertz CT molecular complexity index is 1210. The molecule has 1 aliphatic rings. The van der Waals surface area contributed by atoms with Gasteiger partial charge in [-0.2, -0.15) is 0 Å². The number of rotatable bonds is 3. The second kappa shape index (κ2) is 6.85. The first-order chi connectivity index (χ1) is 13.0. The number of aromatic hydroxyl groups is 1. The Morgan fingerprint density at radius 3 is 2.81 bits per heavy atom. The first-order valence-electron chi connectivity index (χ1n) is 8.43. The number of nitrogens with zero attached hydrogens (tertiary/aromatic N) is 3. The third kappa shape index (κ3) is 3.29. The number of carbonyl (C=O) groups is 1. The lowest BCUT2D eigenvalue weighted by Crippen LogP contribution is -2.42. The number of hydrogen-bond donors (Lipinski definition) is 1. The summed E-state index contributed by atoms with van der Waals surface area (Å²) in [6.45, 7) is 2.31. The summed E-state index contributed by atoms with van der Waals surface area (Å²) in [6, 6.07) is 14.2. The fraction of sp³-hybridized carbons (Fsp3) is 0.150. The summed E-state index contributed by atoms with van der Waals surface area (Å²) >= 11 is 1.31. The number of phenolic OH excluding ortho intramolecular Hbond substituents is 1. The topological polar surface area (TPSA) is 74.9 Å². The number of thiazole rings is 1. The maximum absolute atomic E-state index is 12.8. The number of fused-ring (bicyclic) bond motifs is 1. The van der Waals surface area contributed by atoms with Gasteiger partial charge in [-0.3, -0.25) is 14.2 Å². The molecule has 2 heterocycles. The third-order valence-corrected chi connectivity index (χ3v) is 5.46. The molecule has 3 aromatic rings. The number of benzene rings is 2. The van der Waals surface area contributed by atoms with Crippen LogP contribution in [0.4, 0.5) is 5.69 Å². The summed E-state index contributed by atoms with van der Waals surface area (Å²) in [6.07, 6.45) is 1.68. The molecule has 1 aromatic heterocycles. The van der Waals surface area contributed by atoms with Crippen LogP contribution < -0.4 is 19.8 Å². The molecule has 6 nitrogen and oxygen atoms in total. The average Bonchev–Trinajstić information content (AvgIpc) is 2.99. The van der Waals surface area contributed by atoms with Crippen LogP contribution in [-0.2, 0) is 6.67 Å². The Hall–Kier alpha value is -3.19. The second-order valence-electron chi connectivity index (χ2n) is 6.27. The van der Waals surface area contributed by atoms with Crippen LogP contribution in [0.3, 0.4) is 0 Å². The van der Waals surface area contributed by atoms with Crippen molar-refractivity contribution in [3.63, 3.8) is 0 Å². The molecule has 0 saturated heterocycles. The van der Waals surface area contributed by atoms with Gasteiger partial charge in [0.05, 0.1) is 4.53 Å². The van der Waals surface area contributed by atoms with Crippen LogP contribution in [0.1, 0.15) is 22.8 Å². The molecule has 4 rings (SSSR count). The molecule has 0 amide bonds. The number of para-hydroxylation sites is 1. The van der Waals surface area contributed by atoms with Crippen molar-refractivity contribution in [2.45, 2.75) is 13.6 Å². The van der Waals surface area contributed by atoms with E-state index in [0.29, 0.717) is 33.8 Å². The highest BCUT2D eigenvalue weighted by molar-refractivity contribution is 7.07. The van der Waals surface area contributed by atoms with Crippen molar-refractivity contribution < 1.29 is 9.90 Å². The van der Waals surface area contributed by atoms with E-state index in [1.165, 1.54) is 18.3 Å². The molecule has 27 heavy (non-hydrogen) atoms. The van der Waals surface area contributed by atoms with Crippen LogP contribution in [0.25, 0.3) is 6.08 Å². The molecule has 7 heteroatoms. The molecule has 0 aliphatic carbocycles. The third-order valence-electron chi connectivity index (χ3n) is 4.42. The molecule has 0 bridgehead atoms. The standard InChI is InChI=1S/C20H17N3O3S/c1-13(24)14-6-4-7-16(9-14)22-11-21-20-23(12-22)19(26)18(27-20)10-15-5-2-3-8-17(15)25/h2-10,25H,11-12H2,1H3.